The number of aromatic nitrogens is 1. The van der Waals surface area contributed by atoms with Gasteiger partial charge in [0, 0.05) is 18.9 Å². The molecule has 5 nitrogen and oxygen atoms in total. The zero-order valence-electron chi connectivity index (χ0n) is 12.7. The molecule has 1 atom stereocenters. The molecule has 2 aliphatic rings. The molecule has 1 unspecified atom stereocenters. The lowest BCUT2D eigenvalue weighted by molar-refractivity contribution is -0.108. The van der Waals surface area contributed by atoms with Gasteiger partial charge in [0.2, 0.25) is 6.79 Å². The first-order valence-electron chi connectivity index (χ1n) is 7.92. The van der Waals surface area contributed by atoms with E-state index in [2.05, 4.69) is 11.4 Å². The Morgan fingerprint density at radius 2 is 2.13 bits per heavy atom. The van der Waals surface area contributed by atoms with Crippen molar-refractivity contribution in [2.45, 2.75) is 25.2 Å². The predicted octanol–water partition coefficient (Wildman–Crippen LogP) is 2.89. The van der Waals surface area contributed by atoms with E-state index in [0.717, 1.165) is 54.2 Å². The van der Waals surface area contributed by atoms with E-state index in [-0.39, 0.29) is 12.7 Å². The molecule has 0 saturated carbocycles. The van der Waals surface area contributed by atoms with Gasteiger partial charge < -0.3 is 19.6 Å². The summed E-state index contributed by atoms with van der Waals surface area (Å²) in [4.78, 5) is 15.9. The third kappa shape index (κ3) is 2.63. The number of nitrogens with one attached hydrogen (secondary N) is 1. The van der Waals surface area contributed by atoms with Crippen LogP contribution >= 0.6 is 0 Å². The van der Waals surface area contributed by atoms with E-state index in [4.69, 9.17) is 14.5 Å². The Labute approximate surface area is 134 Å². The van der Waals surface area contributed by atoms with Crippen molar-refractivity contribution in [1.82, 2.24) is 4.98 Å². The van der Waals surface area contributed by atoms with Gasteiger partial charge in [0.15, 0.2) is 11.5 Å². The maximum Gasteiger partial charge on any atom is 0.231 e. The summed E-state index contributed by atoms with van der Waals surface area (Å²) in [5, 5.41) is 3.35. The molecule has 0 saturated heterocycles. The van der Waals surface area contributed by atoms with Crippen molar-refractivity contribution in [3.8, 4) is 11.5 Å². The molecule has 0 bridgehead atoms. The van der Waals surface area contributed by atoms with Crippen LogP contribution < -0.4 is 14.8 Å². The Balaban J connectivity index is 1.71. The Morgan fingerprint density at radius 1 is 1.22 bits per heavy atom. The standard InChI is InChI=1S/C18H18N2O3/c21-9-7-14(13-4-6-16-17(10-13)23-11-22-16)15-5-3-12-2-1-8-19-18(12)20-15/h3-6,9-10,14H,1-2,7-8,11H2,(H,19,20). The summed E-state index contributed by atoms with van der Waals surface area (Å²) < 4.78 is 10.8. The van der Waals surface area contributed by atoms with Crippen LogP contribution in [0.25, 0.3) is 0 Å². The number of anilines is 1. The summed E-state index contributed by atoms with van der Waals surface area (Å²) in [6, 6.07) is 9.98. The fraction of sp³-hybridized carbons (Fsp3) is 0.333. The maximum absolute atomic E-state index is 11.2. The van der Waals surface area contributed by atoms with Crippen LogP contribution in [0.3, 0.4) is 0 Å². The van der Waals surface area contributed by atoms with Gasteiger partial charge >= 0.3 is 0 Å². The Bertz CT molecular complexity index is 745. The van der Waals surface area contributed by atoms with Crippen LogP contribution in [0.1, 0.15) is 35.6 Å². The van der Waals surface area contributed by atoms with E-state index in [9.17, 15) is 4.79 Å². The molecule has 0 amide bonds. The average molecular weight is 310 g/mol. The summed E-state index contributed by atoms with van der Waals surface area (Å²) in [5.74, 6) is 2.36. The summed E-state index contributed by atoms with van der Waals surface area (Å²) in [6.07, 6.45) is 3.53. The molecule has 3 heterocycles. The monoisotopic (exact) mass is 310 g/mol. The Hall–Kier alpha value is -2.56. The van der Waals surface area contributed by atoms with Gasteiger partial charge in [0.25, 0.3) is 0 Å². The fourth-order valence-electron chi connectivity index (χ4n) is 3.19. The zero-order valence-corrected chi connectivity index (χ0v) is 12.7. The van der Waals surface area contributed by atoms with Crippen molar-refractivity contribution in [3.63, 3.8) is 0 Å². The molecule has 1 N–H and O–H groups in total. The summed E-state index contributed by atoms with van der Waals surface area (Å²) in [6.45, 7) is 1.20. The minimum atomic E-state index is -0.0731. The number of nitrogens with zero attached hydrogens (tertiary/aromatic N) is 1. The molecule has 1 aromatic heterocycles. The fourth-order valence-corrected chi connectivity index (χ4v) is 3.19. The Morgan fingerprint density at radius 3 is 3.04 bits per heavy atom. The topological polar surface area (TPSA) is 60.5 Å². The van der Waals surface area contributed by atoms with Crippen molar-refractivity contribution in [2.75, 3.05) is 18.7 Å². The number of aryl methyl sites for hydroxylation is 1. The number of fused-ring (bicyclic) bond motifs is 2. The predicted molar refractivity (Wildman–Crippen MR) is 86.1 cm³/mol. The van der Waals surface area contributed by atoms with Gasteiger partial charge in [0.1, 0.15) is 12.1 Å². The SMILES string of the molecule is O=CCC(c1ccc2c(c1)OCO2)c1ccc2c(n1)NCCC2. The number of ether oxygens (including phenoxy) is 2. The largest absolute Gasteiger partial charge is 0.454 e. The molecule has 2 aliphatic heterocycles. The van der Waals surface area contributed by atoms with Gasteiger partial charge in [-0.2, -0.15) is 0 Å². The van der Waals surface area contributed by atoms with E-state index in [0.29, 0.717) is 6.42 Å². The van der Waals surface area contributed by atoms with E-state index >= 15 is 0 Å². The van der Waals surface area contributed by atoms with Crippen LogP contribution in [0, 0.1) is 0 Å². The molecule has 5 heteroatoms. The third-order valence-electron chi connectivity index (χ3n) is 4.40. The number of aldehydes is 1. The first-order valence-corrected chi connectivity index (χ1v) is 7.92. The first-order chi connectivity index (χ1) is 11.3. The van der Waals surface area contributed by atoms with Crippen LogP contribution in [0.2, 0.25) is 0 Å². The van der Waals surface area contributed by atoms with E-state index in [1.54, 1.807) is 0 Å². The molecular formula is C18H18N2O3. The van der Waals surface area contributed by atoms with Crippen LogP contribution in [-0.4, -0.2) is 24.6 Å². The van der Waals surface area contributed by atoms with Gasteiger partial charge in [-0.3, -0.25) is 0 Å². The number of hydrogen-bond acceptors (Lipinski definition) is 5. The van der Waals surface area contributed by atoms with Gasteiger partial charge in [-0.05, 0) is 42.2 Å². The number of benzene rings is 1. The van der Waals surface area contributed by atoms with Crippen molar-refractivity contribution in [1.29, 1.82) is 0 Å². The van der Waals surface area contributed by atoms with E-state index < -0.39 is 0 Å². The lowest BCUT2D eigenvalue weighted by Crippen LogP contribution is -2.15. The molecule has 23 heavy (non-hydrogen) atoms. The second-order valence-electron chi connectivity index (χ2n) is 5.84. The van der Waals surface area contributed by atoms with Crippen LogP contribution in [0.4, 0.5) is 5.82 Å². The molecule has 2 aromatic rings. The number of carbonyl (C=O) groups excluding carboxylic acids is 1. The second kappa shape index (κ2) is 5.91. The van der Waals surface area contributed by atoms with Crippen molar-refractivity contribution in [2.24, 2.45) is 0 Å². The summed E-state index contributed by atoms with van der Waals surface area (Å²) in [5.41, 5.74) is 3.17. The highest BCUT2D eigenvalue weighted by Gasteiger charge is 2.21. The second-order valence-corrected chi connectivity index (χ2v) is 5.84. The van der Waals surface area contributed by atoms with Crippen molar-refractivity contribution in [3.05, 3.63) is 47.2 Å². The molecule has 0 aliphatic carbocycles. The molecule has 1 aromatic carbocycles. The van der Waals surface area contributed by atoms with Crippen molar-refractivity contribution < 1.29 is 14.3 Å². The zero-order chi connectivity index (χ0) is 15.6. The highest BCUT2D eigenvalue weighted by molar-refractivity contribution is 5.56. The van der Waals surface area contributed by atoms with Crippen LogP contribution in [0.15, 0.2) is 30.3 Å². The quantitative estimate of drug-likeness (QED) is 0.880. The lowest BCUT2D eigenvalue weighted by Gasteiger charge is -2.21. The van der Waals surface area contributed by atoms with Crippen molar-refractivity contribution >= 4 is 12.1 Å². The third-order valence-corrected chi connectivity index (χ3v) is 4.40. The molecular weight excluding hydrogens is 292 g/mol. The molecule has 0 radical (unpaired) electrons. The molecule has 118 valence electrons. The minimum Gasteiger partial charge on any atom is -0.454 e. The smallest absolute Gasteiger partial charge is 0.231 e. The molecule has 0 fully saturated rings. The normalized spacial score (nSPS) is 16.3. The van der Waals surface area contributed by atoms with Crippen LogP contribution in [-0.2, 0) is 11.2 Å². The van der Waals surface area contributed by atoms with Crippen LogP contribution in [0.5, 0.6) is 11.5 Å². The number of rotatable bonds is 4. The highest BCUT2D eigenvalue weighted by atomic mass is 16.7. The Kier molecular flexibility index (Phi) is 3.61. The summed E-state index contributed by atoms with van der Waals surface area (Å²) in [7, 11) is 0. The minimum absolute atomic E-state index is 0.0731. The summed E-state index contributed by atoms with van der Waals surface area (Å²) >= 11 is 0. The molecule has 0 spiro atoms. The van der Waals surface area contributed by atoms with E-state index in [1.807, 2.05) is 24.3 Å². The number of carbonyl (C=O) groups is 1. The van der Waals surface area contributed by atoms with E-state index in [1.165, 1.54) is 5.56 Å². The van der Waals surface area contributed by atoms with Gasteiger partial charge in [-0.1, -0.05) is 12.1 Å². The number of pyridine rings is 1. The molecule has 4 rings (SSSR count). The number of hydrogen-bond donors (Lipinski definition) is 1. The van der Waals surface area contributed by atoms with Gasteiger partial charge in [0.05, 0.1) is 5.69 Å². The van der Waals surface area contributed by atoms with Gasteiger partial charge in [-0.15, -0.1) is 0 Å². The van der Waals surface area contributed by atoms with Gasteiger partial charge in [-0.25, -0.2) is 4.98 Å². The first kappa shape index (κ1) is 14.1. The lowest BCUT2D eigenvalue weighted by atomic mass is 9.91. The average Bonchev–Trinajstić information content (AvgIpc) is 3.07. The highest BCUT2D eigenvalue weighted by Crippen LogP contribution is 2.37. The maximum atomic E-state index is 11.2.